The standard InChI is InChI=1S/C19H18BrFN2O2/c20-16-3-1-2-14(8-16)11-23-12-15(9-18(23)24)19(25)22-10-13-4-6-17(21)7-5-13/h1-8,15H,9-12H2,(H,22,25). The molecule has 2 aromatic rings. The van der Waals surface area contributed by atoms with Crippen molar-refractivity contribution in [1.29, 1.82) is 0 Å². The Morgan fingerprint density at radius 2 is 1.96 bits per heavy atom. The maximum Gasteiger partial charge on any atom is 0.225 e. The van der Waals surface area contributed by atoms with E-state index in [4.69, 9.17) is 0 Å². The summed E-state index contributed by atoms with van der Waals surface area (Å²) in [6.07, 6.45) is 0.225. The van der Waals surface area contributed by atoms with Crippen LogP contribution in [-0.2, 0) is 22.7 Å². The lowest BCUT2D eigenvalue weighted by Crippen LogP contribution is -2.32. The molecule has 2 aromatic carbocycles. The highest BCUT2D eigenvalue weighted by Crippen LogP contribution is 2.22. The predicted molar refractivity (Wildman–Crippen MR) is 95.9 cm³/mol. The number of hydrogen-bond acceptors (Lipinski definition) is 2. The van der Waals surface area contributed by atoms with E-state index in [0.29, 0.717) is 19.6 Å². The monoisotopic (exact) mass is 404 g/mol. The average molecular weight is 405 g/mol. The fraction of sp³-hybridized carbons (Fsp3) is 0.263. The van der Waals surface area contributed by atoms with Crippen molar-refractivity contribution >= 4 is 27.7 Å². The summed E-state index contributed by atoms with van der Waals surface area (Å²) in [5.41, 5.74) is 1.85. The highest BCUT2D eigenvalue weighted by Gasteiger charge is 2.34. The fourth-order valence-electron chi connectivity index (χ4n) is 2.89. The van der Waals surface area contributed by atoms with Crippen molar-refractivity contribution < 1.29 is 14.0 Å². The number of amides is 2. The largest absolute Gasteiger partial charge is 0.352 e. The second kappa shape index (κ2) is 7.78. The van der Waals surface area contributed by atoms with Crippen molar-refractivity contribution in [2.24, 2.45) is 5.92 Å². The van der Waals surface area contributed by atoms with Crippen molar-refractivity contribution in [2.75, 3.05) is 6.54 Å². The van der Waals surface area contributed by atoms with Crippen LogP contribution in [0.25, 0.3) is 0 Å². The molecule has 1 atom stereocenters. The van der Waals surface area contributed by atoms with E-state index >= 15 is 0 Å². The number of nitrogens with zero attached hydrogens (tertiary/aromatic N) is 1. The van der Waals surface area contributed by atoms with Crippen LogP contribution in [0.1, 0.15) is 17.5 Å². The third-order valence-electron chi connectivity index (χ3n) is 4.23. The Balaban J connectivity index is 1.54. The molecule has 1 aliphatic rings. The Labute approximate surface area is 154 Å². The van der Waals surface area contributed by atoms with E-state index in [9.17, 15) is 14.0 Å². The van der Waals surface area contributed by atoms with Gasteiger partial charge in [0.25, 0.3) is 0 Å². The van der Waals surface area contributed by atoms with Crippen molar-refractivity contribution in [3.8, 4) is 0 Å². The lowest BCUT2D eigenvalue weighted by atomic mass is 10.1. The maximum atomic E-state index is 12.9. The first-order valence-corrected chi connectivity index (χ1v) is 8.85. The van der Waals surface area contributed by atoms with Crippen molar-refractivity contribution in [3.63, 3.8) is 0 Å². The molecule has 25 heavy (non-hydrogen) atoms. The van der Waals surface area contributed by atoms with E-state index in [0.717, 1.165) is 15.6 Å². The topological polar surface area (TPSA) is 49.4 Å². The molecule has 2 amide bonds. The van der Waals surface area contributed by atoms with E-state index in [2.05, 4.69) is 21.2 Å². The molecule has 0 bridgehead atoms. The van der Waals surface area contributed by atoms with Gasteiger partial charge in [0, 0.05) is 30.5 Å². The van der Waals surface area contributed by atoms with Gasteiger partial charge in [-0.05, 0) is 35.4 Å². The summed E-state index contributed by atoms with van der Waals surface area (Å²) in [5, 5.41) is 2.83. The molecular formula is C19H18BrFN2O2. The summed E-state index contributed by atoms with van der Waals surface area (Å²) in [6, 6.07) is 13.8. The molecule has 1 fully saturated rings. The SMILES string of the molecule is O=C(NCc1ccc(F)cc1)C1CC(=O)N(Cc2cccc(Br)c2)C1. The molecule has 1 heterocycles. The number of carbonyl (C=O) groups is 2. The number of carbonyl (C=O) groups excluding carboxylic acids is 2. The molecule has 1 N–H and O–H groups in total. The van der Waals surface area contributed by atoms with Gasteiger partial charge in [0.2, 0.25) is 11.8 Å². The van der Waals surface area contributed by atoms with Crippen LogP contribution in [0.15, 0.2) is 53.0 Å². The lowest BCUT2D eigenvalue weighted by Gasteiger charge is -2.17. The molecule has 0 aliphatic carbocycles. The van der Waals surface area contributed by atoms with Crippen LogP contribution in [0.4, 0.5) is 4.39 Å². The van der Waals surface area contributed by atoms with Gasteiger partial charge >= 0.3 is 0 Å². The maximum absolute atomic E-state index is 12.9. The van der Waals surface area contributed by atoms with Gasteiger partial charge in [-0.2, -0.15) is 0 Å². The number of nitrogens with one attached hydrogen (secondary N) is 1. The third-order valence-corrected chi connectivity index (χ3v) is 4.72. The van der Waals surface area contributed by atoms with E-state index in [-0.39, 0.29) is 30.0 Å². The summed E-state index contributed by atoms with van der Waals surface area (Å²) in [7, 11) is 0. The quantitative estimate of drug-likeness (QED) is 0.831. The zero-order chi connectivity index (χ0) is 17.8. The second-order valence-electron chi connectivity index (χ2n) is 6.15. The molecule has 130 valence electrons. The van der Waals surface area contributed by atoms with Gasteiger partial charge in [-0.3, -0.25) is 9.59 Å². The molecule has 4 nitrogen and oxygen atoms in total. The van der Waals surface area contributed by atoms with Crippen LogP contribution in [0.3, 0.4) is 0 Å². The number of rotatable bonds is 5. The van der Waals surface area contributed by atoms with E-state index in [1.54, 1.807) is 17.0 Å². The van der Waals surface area contributed by atoms with Crippen molar-refractivity contribution in [3.05, 3.63) is 69.9 Å². The summed E-state index contributed by atoms with van der Waals surface area (Å²) in [5.74, 6) is -0.809. The minimum absolute atomic E-state index is 0.0121. The number of benzene rings is 2. The van der Waals surface area contributed by atoms with Crippen LogP contribution in [0.5, 0.6) is 0 Å². The zero-order valence-electron chi connectivity index (χ0n) is 13.5. The van der Waals surface area contributed by atoms with Gasteiger partial charge in [-0.15, -0.1) is 0 Å². The van der Waals surface area contributed by atoms with Crippen LogP contribution in [0, 0.1) is 11.7 Å². The molecule has 0 saturated carbocycles. The molecule has 3 rings (SSSR count). The van der Waals surface area contributed by atoms with Gasteiger partial charge in [-0.25, -0.2) is 4.39 Å². The predicted octanol–water partition coefficient (Wildman–Crippen LogP) is 3.25. The highest BCUT2D eigenvalue weighted by molar-refractivity contribution is 9.10. The Bertz CT molecular complexity index is 779. The second-order valence-corrected chi connectivity index (χ2v) is 7.07. The Kier molecular flexibility index (Phi) is 5.48. The smallest absolute Gasteiger partial charge is 0.225 e. The van der Waals surface area contributed by atoms with Crippen LogP contribution >= 0.6 is 15.9 Å². The van der Waals surface area contributed by atoms with Gasteiger partial charge in [0.15, 0.2) is 0 Å². The normalized spacial score (nSPS) is 17.0. The van der Waals surface area contributed by atoms with Crippen LogP contribution in [-0.4, -0.2) is 23.3 Å². The van der Waals surface area contributed by atoms with Crippen LogP contribution < -0.4 is 5.32 Å². The minimum Gasteiger partial charge on any atom is -0.352 e. The van der Waals surface area contributed by atoms with Gasteiger partial charge < -0.3 is 10.2 Å². The van der Waals surface area contributed by atoms with Crippen molar-refractivity contribution in [2.45, 2.75) is 19.5 Å². The van der Waals surface area contributed by atoms with E-state index in [1.165, 1.54) is 12.1 Å². The Morgan fingerprint density at radius 1 is 1.20 bits per heavy atom. The molecule has 0 radical (unpaired) electrons. The number of hydrogen-bond donors (Lipinski definition) is 1. The molecule has 1 aliphatic heterocycles. The van der Waals surface area contributed by atoms with E-state index in [1.807, 2.05) is 24.3 Å². The third kappa shape index (κ3) is 4.66. The highest BCUT2D eigenvalue weighted by atomic mass is 79.9. The number of likely N-dealkylation sites (tertiary alicyclic amines) is 1. The first kappa shape index (κ1) is 17.6. The summed E-state index contributed by atoms with van der Waals surface area (Å²) in [4.78, 5) is 26.2. The molecule has 1 unspecified atom stereocenters. The first-order valence-electron chi connectivity index (χ1n) is 8.05. The summed E-state index contributed by atoms with van der Waals surface area (Å²) < 4.78 is 13.9. The average Bonchev–Trinajstić information content (AvgIpc) is 2.95. The number of halogens is 2. The summed E-state index contributed by atoms with van der Waals surface area (Å²) >= 11 is 3.42. The zero-order valence-corrected chi connectivity index (χ0v) is 15.1. The molecule has 0 aromatic heterocycles. The molecule has 1 saturated heterocycles. The molecule has 6 heteroatoms. The Morgan fingerprint density at radius 3 is 2.68 bits per heavy atom. The van der Waals surface area contributed by atoms with Gasteiger partial charge in [0.05, 0.1) is 5.92 Å². The molecule has 0 spiro atoms. The molecular weight excluding hydrogens is 387 g/mol. The van der Waals surface area contributed by atoms with Gasteiger partial charge in [-0.1, -0.05) is 40.2 Å². The van der Waals surface area contributed by atoms with Crippen LogP contribution in [0.2, 0.25) is 0 Å². The minimum atomic E-state index is -0.347. The fourth-order valence-corrected chi connectivity index (χ4v) is 3.34. The Hall–Kier alpha value is -2.21. The first-order chi connectivity index (χ1) is 12.0. The lowest BCUT2D eigenvalue weighted by molar-refractivity contribution is -0.129. The van der Waals surface area contributed by atoms with Crippen molar-refractivity contribution in [1.82, 2.24) is 10.2 Å². The van der Waals surface area contributed by atoms with Gasteiger partial charge in [0.1, 0.15) is 5.82 Å². The van der Waals surface area contributed by atoms with E-state index < -0.39 is 0 Å². The summed E-state index contributed by atoms with van der Waals surface area (Å²) in [6.45, 7) is 1.25.